The maximum Gasteiger partial charge on any atom is 0.435 e. The molecular formula is C11H9F3N4O2. The van der Waals surface area contributed by atoms with E-state index in [1.807, 2.05) is 0 Å². The largest absolute Gasteiger partial charge is 0.435 e. The van der Waals surface area contributed by atoms with Crippen LogP contribution in [0.3, 0.4) is 0 Å². The Labute approximate surface area is 110 Å². The third-order valence-corrected chi connectivity index (χ3v) is 2.60. The fraction of sp³-hybridized carbons (Fsp3) is 0.182. The number of anilines is 1. The average molecular weight is 286 g/mol. The summed E-state index contributed by atoms with van der Waals surface area (Å²) in [6, 6.07) is 4.60. The molecule has 0 amide bonds. The summed E-state index contributed by atoms with van der Waals surface area (Å²) in [5.41, 5.74) is 5.01. The van der Waals surface area contributed by atoms with Crippen LogP contribution in [0.1, 0.15) is 11.3 Å². The van der Waals surface area contributed by atoms with Crippen LogP contribution in [0.25, 0.3) is 0 Å². The lowest BCUT2D eigenvalue weighted by Gasteiger charge is -2.06. The Bertz CT molecular complexity index is 651. The van der Waals surface area contributed by atoms with Crippen molar-refractivity contribution in [3.05, 3.63) is 51.8 Å². The molecule has 1 heterocycles. The lowest BCUT2D eigenvalue weighted by atomic mass is 10.1. The van der Waals surface area contributed by atoms with Crippen molar-refractivity contribution in [2.75, 3.05) is 5.73 Å². The molecule has 0 spiro atoms. The van der Waals surface area contributed by atoms with Crippen LogP contribution in [0.15, 0.2) is 30.5 Å². The zero-order valence-electron chi connectivity index (χ0n) is 9.96. The molecule has 0 atom stereocenters. The van der Waals surface area contributed by atoms with Gasteiger partial charge in [-0.3, -0.25) is 14.8 Å². The first-order valence-corrected chi connectivity index (χ1v) is 5.41. The number of nitrogens with zero attached hydrogens (tertiary/aromatic N) is 3. The van der Waals surface area contributed by atoms with Gasteiger partial charge in [-0.25, -0.2) is 0 Å². The van der Waals surface area contributed by atoms with Gasteiger partial charge in [0.05, 0.1) is 11.5 Å². The number of hydrogen-bond donors (Lipinski definition) is 1. The number of nitrogens with two attached hydrogens (primary N) is 1. The summed E-state index contributed by atoms with van der Waals surface area (Å²) in [5.74, 6) is 0. The highest BCUT2D eigenvalue weighted by molar-refractivity contribution is 5.52. The van der Waals surface area contributed by atoms with Crippen molar-refractivity contribution in [2.45, 2.75) is 12.7 Å². The van der Waals surface area contributed by atoms with Gasteiger partial charge in [0.1, 0.15) is 0 Å². The maximum atomic E-state index is 12.4. The molecular weight excluding hydrogens is 277 g/mol. The number of nitro groups is 1. The first-order valence-electron chi connectivity index (χ1n) is 5.41. The number of aromatic nitrogens is 2. The van der Waals surface area contributed by atoms with Crippen molar-refractivity contribution in [3.8, 4) is 0 Å². The number of nitrogen functional groups attached to an aromatic ring is 1. The van der Waals surface area contributed by atoms with Crippen molar-refractivity contribution in [2.24, 2.45) is 0 Å². The molecule has 20 heavy (non-hydrogen) atoms. The molecule has 0 radical (unpaired) electrons. The van der Waals surface area contributed by atoms with Gasteiger partial charge in [0.15, 0.2) is 5.69 Å². The Morgan fingerprint density at radius 1 is 1.35 bits per heavy atom. The van der Waals surface area contributed by atoms with E-state index in [4.69, 9.17) is 5.73 Å². The summed E-state index contributed by atoms with van der Waals surface area (Å²) in [5, 5.41) is 14.0. The highest BCUT2D eigenvalue weighted by Crippen LogP contribution is 2.27. The predicted octanol–water partition coefficient (Wildman–Crippen LogP) is 2.44. The summed E-state index contributed by atoms with van der Waals surface area (Å²) < 4.78 is 38.2. The summed E-state index contributed by atoms with van der Waals surface area (Å²) in [6.07, 6.45) is -3.39. The molecule has 106 valence electrons. The topological polar surface area (TPSA) is 87.0 Å². The zero-order chi connectivity index (χ0) is 14.9. The molecule has 1 aromatic carbocycles. The lowest BCUT2D eigenvalue weighted by Crippen LogP contribution is -2.09. The minimum absolute atomic E-state index is 0.0798. The molecule has 6 nitrogen and oxygen atoms in total. The minimum Gasteiger partial charge on any atom is -0.398 e. The molecule has 0 saturated heterocycles. The molecule has 2 rings (SSSR count). The average Bonchev–Trinajstić information content (AvgIpc) is 2.80. The molecule has 0 bridgehead atoms. The normalized spacial score (nSPS) is 11.6. The van der Waals surface area contributed by atoms with E-state index in [2.05, 4.69) is 5.10 Å². The molecule has 9 heteroatoms. The van der Waals surface area contributed by atoms with Crippen molar-refractivity contribution in [1.82, 2.24) is 9.78 Å². The molecule has 0 aliphatic heterocycles. The fourth-order valence-electron chi connectivity index (χ4n) is 1.62. The second kappa shape index (κ2) is 4.83. The van der Waals surface area contributed by atoms with Crippen molar-refractivity contribution in [1.29, 1.82) is 0 Å². The summed E-state index contributed by atoms with van der Waals surface area (Å²) >= 11 is 0. The van der Waals surface area contributed by atoms with E-state index in [1.165, 1.54) is 18.2 Å². The molecule has 0 aliphatic carbocycles. The maximum absolute atomic E-state index is 12.4. The number of non-ortho nitro benzene ring substituents is 1. The van der Waals surface area contributed by atoms with Crippen LogP contribution < -0.4 is 5.73 Å². The first kappa shape index (κ1) is 13.8. The number of hydrogen-bond acceptors (Lipinski definition) is 4. The van der Waals surface area contributed by atoms with E-state index in [9.17, 15) is 23.3 Å². The molecule has 2 N–H and O–H groups in total. The van der Waals surface area contributed by atoms with Gasteiger partial charge in [-0.2, -0.15) is 18.3 Å². The van der Waals surface area contributed by atoms with Crippen LogP contribution >= 0.6 is 0 Å². The number of nitro benzene ring substituents is 1. The fourth-order valence-corrected chi connectivity index (χ4v) is 1.62. The van der Waals surface area contributed by atoms with E-state index < -0.39 is 16.8 Å². The third-order valence-electron chi connectivity index (χ3n) is 2.60. The van der Waals surface area contributed by atoms with E-state index in [1.54, 1.807) is 0 Å². The first-order chi connectivity index (χ1) is 9.27. The molecule has 0 saturated carbocycles. The van der Waals surface area contributed by atoms with Crippen molar-refractivity contribution >= 4 is 11.4 Å². The van der Waals surface area contributed by atoms with Gasteiger partial charge in [0.25, 0.3) is 5.69 Å². The van der Waals surface area contributed by atoms with Gasteiger partial charge in [-0.1, -0.05) is 0 Å². The van der Waals surface area contributed by atoms with Gasteiger partial charge in [-0.15, -0.1) is 0 Å². The summed E-state index contributed by atoms with van der Waals surface area (Å²) in [4.78, 5) is 10.0. The Morgan fingerprint density at radius 3 is 2.60 bits per heavy atom. The van der Waals surface area contributed by atoms with Crippen LogP contribution in [0, 0.1) is 10.1 Å². The smallest absolute Gasteiger partial charge is 0.398 e. The van der Waals surface area contributed by atoms with E-state index in [0.717, 1.165) is 16.9 Å². The van der Waals surface area contributed by atoms with E-state index in [-0.39, 0.29) is 17.9 Å². The van der Waals surface area contributed by atoms with Crippen LogP contribution in [-0.4, -0.2) is 14.7 Å². The quantitative estimate of drug-likeness (QED) is 0.533. The second-order valence-electron chi connectivity index (χ2n) is 4.04. The number of benzene rings is 1. The molecule has 0 unspecified atom stereocenters. The Kier molecular flexibility index (Phi) is 3.35. The Hall–Kier alpha value is -2.58. The van der Waals surface area contributed by atoms with E-state index in [0.29, 0.717) is 5.56 Å². The van der Waals surface area contributed by atoms with Gasteiger partial charge < -0.3 is 5.73 Å². The molecule has 1 aromatic heterocycles. The molecule has 0 aliphatic rings. The number of alkyl halides is 3. The third kappa shape index (κ3) is 2.87. The summed E-state index contributed by atoms with van der Waals surface area (Å²) in [7, 11) is 0. The predicted molar refractivity (Wildman–Crippen MR) is 63.8 cm³/mol. The highest BCUT2D eigenvalue weighted by Gasteiger charge is 2.33. The number of halogens is 3. The number of rotatable bonds is 3. The van der Waals surface area contributed by atoms with Gasteiger partial charge in [-0.05, 0) is 12.1 Å². The molecule has 0 fully saturated rings. The van der Waals surface area contributed by atoms with E-state index >= 15 is 0 Å². The van der Waals surface area contributed by atoms with Gasteiger partial charge in [0, 0.05) is 29.6 Å². The Morgan fingerprint density at radius 2 is 2.05 bits per heavy atom. The standard InChI is InChI=1S/C11H9F3N4O2/c12-11(13,14)10-3-4-17(16-10)6-7-5-8(18(19)20)1-2-9(7)15/h1-5H,6,15H2. The van der Waals surface area contributed by atoms with Crippen LogP contribution in [0.4, 0.5) is 24.5 Å². The molecule has 2 aromatic rings. The zero-order valence-corrected chi connectivity index (χ0v) is 9.96. The highest BCUT2D eigenvalue weighted by atomic mass is 19.4. The Balaban J connectivity index is 2.28. The van der Waals surface area contributed by atoms with Gasteiger partial charge >= 0.3 is 6.18 Å². The van der Waals surface area contributed by atoms with Gasteiger partial charge in [0.2, 0.25) is 0 Å². The second-order valence-corrected chi connectivity index (χ2v) is 4.04. The van der Waals surface area contributed by atoms with Crippen LogP contribution in [-0.2, 0) is 12.7 Å². The van der Waals surface area contributed by atoms with Crippen LogP contribution in [0.5, 0.6) is 0 Å². The lowest BCUT2D eigenvalue weighted by molar-refractivity contribution is -0.384. The summed E-state index contributed by atoms with van der Waals surface area (Å²) in [6.45, 7) is -0.0798. The van der Waals surface area contributed by atoms with Crippen LogP contribution in [0.2, 0.25) is 0 Å². The van der Waals surface area contributed by atoms with Crippen molar-refractivity contribution in [3.63, 3.8) is 0 Å². The van der Waals surface area contributed by atoms with Crippen molar-refractivity contribution < 1.29 is 18.1 Å². The minimum atomic E-state index is -4.53. The SMILES string of the molecule is Nc1ccc([N+](=O)[O-])cc1Cn1ccc(C(F)(F)F)n1. The monoisotopic (exact) mass is 286 g/mol.